The van der Waals surface area contributed by atoms with Crippen molar-refractivity contribution in [1.82, 2.24) is 10.6 Å². The van der Waals surface area contributed by atoms with Gasteiger partial charge in [-0.15, -0.1) is 0 Å². The molecule has 29 heavy (non-hydrogen) atoms. The van der Waals surface area contributed by atoms with Gasteiger partial charge in [-0.2, -0.15) is 0 Å². The Morgan fingerprint density at radius 2 is 1.90 bits per heavy atom. The van der Waals surface area contributed by atoms with Crippen LogP contribution in [0, 0.1) is 0 Å². The van der Waals surface area contributed by atoms with Gasteiger partial charge >= 0.3 is 0 Å². The van der Waals surface area contributed by atoms with Crippen molar-refractivity contribution in [3.8, 4) is 11.5 Å². The molecule has 6 nitrogen and oxygen atoms in total. The van der Waals surface area contributed by atoms with E-state index in [9.17, 15) is 0 Å². The maximum atomic E-state index is 5.60. The highest BCUT2D eigenvalue weighted by Crippen LogP contribution is 2.25. The lowest BCUT2D eigenvalue weighted by molar-refractivity contribution is 0.146. The van der Waals surface area contributed by atoms with Crippen molar-refractivity contribution in [3.63, 3.8) is 0 Å². The maximum absolute atomic E-state index is 5.60. The predicted octanol–water partition coefficient (Wildman–Crippen LogP) is 2.94. The molecule has 6 heteroatoms. The number of rotatable bonds is 10. The van der Waals surface area contributed by atoms with Crippen molar-refractivity contribution in [2.24, 2.45) is 4.99 Å². The summed E-state index contributed by atoms with van der Waals surface area (Å²) in [7, 11) is 1.67. The van der Waals surface area contributed by atoms with Gasteiger partial charge in [0.25, 0.3) is 0 Å². The molecule has 0 bridgehead atoms. The molecule has 1 aliphatic rings. The lowest BCUT2D eigenvalue weighted by Crippen LogP contribution is -2.38. The largest absolute Gasteiger partial charge is 0.493 e. The Labute approximate surface area is 173 Å². The standard InChI is InChI=1S/C23H31N3O3/c1-3-24-23(25-12-10-18-6-9-22-20(16-18)11-13-29-22)26-17-19-4-7-21(8-5-19)28-15-14-27-2/h4-9,16H,3,10-15,17H2,1-2H3,(H2,24,25,26). The number of aliphatic imine (C=N–C) groups is 1. The zero-order chi connectivity index (χ0) is 20.3. The molecular formula is C23H31N3O3. The third-order valence-corrected chi connectivity index (χ3v) is 4.70. The Morgan fingerprint density at radius 3 is 2.69 bits per heavy atom. The summed E-state index contributed by atoms with van der Waals surface area (Å²) in [5.74, 6) is 2.71. The van der Waals surface area contributed by atoms with E-state index in [1.807, 2.05) is 24.3 Å². The Hall–Kier alpha value is -2.73. The second-order valence-electron chi connectivity index (χ2n) is 6.90. The van der Waals surface area contributed by atoms with Crippen molar-refractivity contribution in [2.45, 2.75) is 26.3 Å². The number of fused-ring (bicyclic) bond motifs is 1. The van der Waals surface area contributed by atoms with Gasteiger partial charge in [-0.25, -0.2) is 4.99 Å². The fourth-order valence-electron chi connectivity index (χ4n) is 3.17. The summed E-state index contributed by atoms with van der Waals surface area (Å²) in [5.41, 5.74) is 3.78. The molecule has 1 aliphatic heterocycles. The van der Waals surface area contributed by atoms with Crippen molar-refractivity contribution in [2.75, 3.05) is 40.0 Å². The number of hydrogen-bond acceptors (Lipinski definition) is 4. The highest BCUT2D eigenvalue weighted by molar-refractivity contribution is 5.79. The number of nitrogens with zero attached hydrogens (tertiary/aromatic N) is 1. The molecule has 2 aromatic carbocycles. The number of nitrogens with one attached hydrogen (secondary N) is 2. The molecule has 0 saturated heterocycles. The first-order valence-electron chi connectivity index (χ1n) is 10.3. The average molecular weight is 398 g/mol. The van der Waals surface area contributed by atoms with Crippen LogP contribution in [0.15, 0.2) is 47.5 Å². The molecule has 1 heterocycles. The van der Waals surface area contributed by atoms with Crippen molar-refractivity contribution < 1.29 is 14.2 Å². The summed E-state index contributed by atoms with van der Waals surface area (Å²) in [6, 6.07) is 14.5. The van der Waals surface area contributed by atoms with Crippen LogP contribution < -0.4 is 20.1 Å². The SMILES string of the molecule is CCNC(=NCc1ccc(OCCOC)cc1)NCCc1ccc2c(c1)CCO2. The van der Waals surface area contributed by atoms with Crippen LogP contribution in [0.4, 0.5) is 0 Å². The van der Waals surface area contributed by atoms with E-state index in [1.54, 1.807) is 7.11 Å². The molecule has 0 aromatic heterocycles. The van der Waals surface area contributed by atoms with E-state index in [0.29, 0.717) is 19.8 Å². The second-order valence-corrected chi connectivity index (χ2v) is 6.90. The summed E-state index contributed by atoms with van der Waals surface area (Å²) >= 11 is 0. The van der Waals surface area contributed by atoms with Crippen LogP contribution in [0.25, 0.3) is 0 Å². The lowest BCUT2D eigenvalue weighted by atomic mass is 10.1. The maximum Gasteiger partial charge on any atom is 0.191 e. The van der Waals surface area contributed by atoms with Gasteiger partial charge in [-0.3, -0.25) is 0 Å². The molecule has 156 valence electrons. The van der Waals surface area contributed by atoms with E-state index in [4.69, 9.17) is 19.2 Å². The molecule has 0 saturated carbocycles. The topological polar surface area (TPSA) is 64.1 Å². The van der Waals surface area contributed by atoms with Crippen LogP contribution in [0.1, 0.15) is 23.6 Å². The van der Waals surface area contributed by atoms with Crippen LogP contribution in [0.2, 0.25) is 0 Å². The molecule has 2 aromatic rings. The van der Waals surface area contributed by atoms with E-state index in [-0.39, 0.29) is 0 Å². The number of hydrogen-bond donors (Lipinski definition) is 2. The van der Waals surface area contributed by atoms with Crippen molar-refractivity contribution in [1.29, 1.82) is 0 Å². The number of methoxy groups -OCH3 is 1. The van der Waals surface area contributed by atoms with Crippen LogP contribution in [-0.2, 0) is 24.1 Å². The first-order valence-corrected chi connectivity index (χ1v) is 10.3. The molecule has 0 fully saturated rings. The van der Waals surface area contributed by atoms with E-state index >= 15 is 0 Å². The normalized spacial score (nSPS) is 13.0. The van der Waals surface area contributed by atoms with Crippen LogP contribution in [0.3, 0.4) is 0 Å². The fourth-order valence-corrected chi connectivity index (χ4v) is 3.17. The molecule has 2 N–H and O–H groups in total. The highest BCUT2D eigenvalue weighted by Gasteiger charge is 2.11. The molecule has 3 rings (SSSR count). The van der Waals surface area contributed by atoms with E-state index in [0.717, 1.165) is 55.6 Å². The highest BCUT2D eigenvalue weighted by atomic mass is 16.5. The van der Waals surface area contributed by atoms with Crippen LogP contribution >= 0.6 is 0 Å². The summed E-state index contributed by atoms with van der Waals surface area (Å²) in [6.45, 7) is 6.29. The van der Waals surface area contributed by atoms with Gasteiger partial charge in [0.2, 0.25) is 0 Å². The summed E-state index contributed by atoms with van der Waals surface area (Å²) in [4.78, 5) is 4.69. The monoisotopic (exact) mass is 397 g/mol. The fraction of sp³-hybridized carbons (Fsp3) is 0.435. The molecule has 0 spiro atoms. The van der Waals surface area contributed by atoms with Gasteiger partial charge in [-0.05, 0) is 48.2 Å². The van der Waals surface area contributed by atoms with Crippen molar-refractivity contribution >= 4 is 5.96 Å². The number of ether oxygens (including phenoxy) is 3. The van der Waals surface area contributed by atoms with Gasteiger partial charge in [-0.1, -0.05) is 24.3 Å². The second kappa shape index (κ2) is 11.3. The minimum Gasteiger partial charge on any atom is -0.493 e. The van der Waals surface area contributed by atoms with Crippen LogP contribution in [0.5, 0.6) is 11.5 Å². The number of guanidine groups is 1. The molecule has 0 radical (unpaired) electrons. The Bertz CT molecular complexity index is 790. The van der Waals surface area contributed by atoms with E-state index in [2.05, 4.69) is 35.8 Å². The molecule has 0 atom stereocenters. The van der Waals surface area contributed by atoms with E-state index in [1.165, 1.54) is 11.1 Å². The first-order chi connectivity index (χ1) is 14.3. The molecule has 0 unspecified atom stereocenters. The Kier molecular flexibility index (Phi) is 8.19. The Morgan fingerprint density at radius 1 is 1.07 bits per heavy atom. The van der Waals surface area contributed by atoms with Crippen molar-refractivity contribution in [3.05, 3.63) is 59.2 Å². The summed E-state index contributed by atoms with van der Waals surface area (Å²) in [5, 5.41) is 6.73. The smallest absolute Gasteiger partial charge is 0.191 e. The third kappa shape index (κ3) is 6.68. The summed E-state index contributed by atoms with van der Waals surface area (Å²) in [6.07, 6.45) is 1.96. The minimum absolute atomic E-state index is 0.555. The van der Waals surface area contributed by atoms with Gasteiger partial charge in [0.1, 0.15) is 18.1 Å². The minimum atomic E-state index is 0.555. The molecule has 0 amide bonds. The van der Waals surface area contributed by atoms with Gasteiger partial charge in [0, 0.05) is 26.6 Å². The Balaban J connectivity index is 1.47. The quantitative estimate of drug-likeness (QED) is 0.367. The molecular weight excluding hydrogens is 366 g/mol. The van der Waals surface area contributed by atoms with Gasteiger partial charge in [0.05, 0.1) is 19.8 Å². The van der Waals surface area contributed by atoms with Crippen LogP contribution in [-0.4, -0.2) is 46.0 Å². The lowest BCUT2D eigenvalue weighted by Gasteiger charge is -2.12. The van der Waals surface area contributed by atoms with E-state index < -0.39 is 0 Å². The zero-order valence-electron chi connectivity index (χ0n) is 17.4. The first kappa shape index (κ1) is 21.0. The van der Waals surface area contributed by atoms with Gasteiger partial charge in [0.15, 0.2) is 5.96 Å². The average Bonchev–Trinajstić information content (AvgIpc) is 3.21. The summed E-state index contributed by atoms with van der Waals surface area (Å²) < 4.78 is 16.2. The zero-order valence-corrected chi connectivity index (χ0v) is 17.4. The third-order valence-electron chi connectivity index (χ3n) is 4.70. The van der Waals surface area contributed by atoms with Gasteiger partial charge < -0.3 is 24.8 Å². The predicted molar refractivity (Wildman–Crippen MR) is 116 cm³/mol. The molecule has 0 aliphatic carbocycles. The number of benzene rings is 2.